The maximum absolute atomic E-state index is 5.38. The highest BCUT2D eigenvalue weighted by Crippen LogP contribution is 2.18. The number of ether oxygens (including phenoxy) is 1. The van der Waals surface area contributed by atoms with Gasteiger partial charge in [-0.05, 0) is 60.3 Å². The van der Waals surface area contributed by atoms with Crippen LogP contribution in [0.1, 0.15) is 18.1 Å². The summed E-state index contributed by atoms with van der Waals surface area (Å²) in [4.78, 5) is 0. The Kier molecular flexibility index (Phi) is 5.43. The van der Waals surface area contributed by atoms with Gasteiger partial charge in [-0.3, -0.25) is 0 Å². The first-order valence-electron chi connectivity index (χ1n) is 6.66. The fraction of sp³-hybridized carbons (Fsp3) is 0.375. The number of nitrogens with one attached hydrogen (secondary N) is 1. The minimum atomic E-state index is 0.454. The van der Waals surface area contributed by atoms with E-state index in [4.69, 9.17) is 4.74 Å². The Morgan fingerprint density at radius 2 is 2.11 bits per heavy atom. The topological polar surface area (TPSA) is 21.3 Å². The molecule has 0 spiro atoms. The van der Waals surface area contributed by atoms with E-state index < -0.39 is 0 Å². The summed E-state index contributed by atoms with van der Waals surface area (Å²) in [7, 11) is 1.73. The van der Waals surface area contributed by atoms with E-state index in [9.17, 15) is 0 Å². The van der Waals surface area contributed by atoms with E-state index in [2.05, 4.69) is 41.2 Å². The van der Waals surface area contributed by atoms with Crippen LogP contribution in [0.3, 0.4) is 0 Å². The minimum Gasteiger partial charge on any atom is -0.496 e. The molecule has 0 aliphatic heterocycles. The molecule has 0 bridgehead atoms. The Balaban J connectivity index is 1.79. The fourth-order valence-corrected chi connectivity index (χ4v) is 2.87. The highest BCUT2D eigenvalue weighted by Gasteiger charge is 2.07. The second kappa shape index (κ2) is 7.31. The predicted octanol–water partition coefficient (Wildman–Crippen LogP) is 3.52. The van der Waals surface area contributed by atoms with Gasteiger partial charge in [0.05, 0.1) is 7.11 Å². The molecule has 1 atom stereocenters. The van der Waals surface area contributed by atoms with E-state index >= 15 is 0 Å². The molecule has 0 radical (unpaired) electrons. The minimum absolute atomic E-state index is 0.454. The van der Waals surface area contributed by atoms with Gasteiger partial charge in [0.15, 0.2) is 0 Å². The van der Waals surface area contributed by atoms with E-state index in [1.165, 1.54) is 11.1 Å². The van der Waals surface area contributed by atoms with Gasteiger partial charge in [0.2, 0.25) is 0 Å². The molecule has 1 heterocycles. The Hall–Kier alpha value is -1.32. The summed E-state index contributed by atoms with van der Waals surface area (Å²) in [6.45, 7) is 3.24. The van der Waals surface area contributed by atoms with Gasteiger partial charge < -0.3 is 10.1 Å². The largest absolute Gasteiger partial charge is 0.496 e. The lowest BCUT2D eigenvalue weighted by Gasteiger charge is -2.15. The monoisotopic (exact) mass is 275 g/mol. The maximum Gasteiger partial charge on any atom is 0.122 e. The van der Waals surface area contributed by atoms with Crippen molar-refractivity contribution in [3.63, 3.8) is 0 Å². The van der Waals surface area contributed by atoms with Gasteiger partial charge in [-0.25, -0.2) is 0 Å². The van der Waals surface area contributed by atoms with Crippen LogP contribution in [0.5, 0.6) is 5.75 Å². The van der Waals surface area contributed by atoms with Gasteiger partial charge in [-0.15, -0.1) is 0 Å². The molecular weight excluding hydrogens is 254 g/mol. The van der Waals surface area contributed by atoms with E-state index in [0.717, 1.165) is 25.1 Å². The third kappa shape index (κ3) is 4.37. The second-order valence-electron chi connectivity index (χ2n) is 4.75. The quantitative estimate of drug-likeness (QED) is 0.835. The van der Waals surface area contributed by atoms with E-state index in [0.29, 0.717) is 6.04 Å². The first kappa shape index (κ1) is 14.1. The van der Waals surface area contributed by atoms with Gasteiger partial charge >= 0.3 is 0 Å². The number of benzene rings is 1. The van der Waals surface area contributed by atoms with Crippen LogP contribution < -0.4 is 10.1 Å². The Labute approximate surface area is 119 Å². The molecule has 2 rings (SSSR count). The molecule has 1 aromatic carbocycles. The molecule has 1 unspecified atom stereocenters. The van der Waals surface area contributed by atoms with Gasteiger partial charge in [-0.1, -0.05) is 18.2 Å². The van der Waals surface area contributed by atoms with Gasteiger partial charge in [0.1, 0.15) is 5.75 Å². The van der Waals surface area contributed by atoms with E-state index in [-0.39, 0.29) is 0 Å². The Morgan fingerprint density at radius 3 is 2.84 bits per heavy atom. The molecule has 0 saturated heterocycles. The number of methoxy groups -OCH3 is 1. The lowest BCUT2D eigenvalue weighted by Crippen LogP contribution is -2.30. The molecule has 0 aliphatic carbocycles. The highest BCUT2D eigenvalue weighted by molar-refractivity contribution is 7.07. The fourth-order valence-electron chi connectivity index (χ4n) is 2.17. The third-order valence-electron chi connectivity index (χ3n) is 3.21. The van der Waals surface area contributed by atoms with Crippen molar-refractivity contribution >= 4 is 11.3 Å². The molecular formula is C16H21NOS. The second-order valence-corrected chi connectivity index (χ2v) is 5.53. The molecule has 102 valence electrons. The number of hydrogen-bond donors (Lipinski definition) is 1. The summed E-state index contributed by atoms with van der Waals surface area (Å²) in [5.74, 6) is 0.981. The molecule has 0 amide bonds. The number of thiophene rings is 1. The van der Waals surface area contributed by atoms with Crippen LogP contribution in [0.2, 0.25) is 0 Å². The van der Waals surface area contributed by atoms with Gasteiger partial charge in [0, 0.05) is 6.04 Å². The van der Waals surface area contributed by atoms with Crippen LogP contribution in [0.4, 0.5) is 0 Å². The van der Waals surface area contributed by atoms with E-state index in [1.807, 2.05) is 12.1 Å². The molecule has 0 saturated carbocycles. The SMILES string of the molecule is COc1ccccc1CC(C)NCCc1ccsc1. The summed E-state index contributed by atoms with van der Waals surface area (Å²) in [6.07, 6.45) is 2.09. The lowest BCUT2D eigenvalue weighted by atomic mass is 10.1. The van der Waals surface area contributed by atoms with Crippen molar-refractivity contribution in [3.05, 3.63) is 52.2 Å². The van der Waals surface area contributed by atoms with Crippen LogP contribution in [0.25, 0.3) is 0 Å². The standard InChI is InChI=1S/C16H21NOS/c1-13(17-9-7-14-8-10-19-12-14)11-15-5-3-4-6-16(15)18-2/h3-6,8,10,12-13,17H,7,9,11H2,1-2H3. The zero-order chi connectivity index (χ0) is 13.5. The molecule has 1 N–H and O–H groups in total. The summed E-state index contributed by atoms with van der Waals surface area (Å²) >= 11 is 1.76. The first-order valence-corrected chi connectivity index (χ1v) is 7.60. The number of hydrogen-bond acceptors (Lipinski definition) is 3. The summed E-state index contributed by atoms with van der Waals surface area (Å²) in [6, 6.07) is 10.9. The summed E-state index contributed by atoms with van der Waals surface area (Å²) in [5.41, 5.74) is 2.68. The predicted molar refractivity (Wildman–Crippen MR) is 82.2 cm³/mol. The molecule has 2 aromatic rings. The molecule has 0 aliphatic rings. The molecule has 19 heavy (non-hydrogen) atoms. The molecule has 3 heteroatoms. The Morgan fingerprint density at radius 1 is 1.26 bits per heavy atom. The number of para-hydroxylation sites is 1. The van der Waals surface area contributed by atoms with Gasteiger partial charge in [0.25, 0.3) is 0 Å². The number of rotatable bonds is 7. The van der Waals surface area contributed by atoms with Crippen LogP contribution in [0.15, 0.2) is 41.1 Å². The average Bonchev–Trinajstić information content (AvgIpc) is 2.92. The van der Waals surface area contributed by atoms with Crippen LogP contribution in [-0.2, 0) is 12.8 Å². The molecule has 2 nitrogen and oxygen atoms in total. The zero-order valence-corrected chi connectivity index (χ0v) is 12.4. The van der Waals surface area contributed by atoms with Gasteiger partial charge in [-0.2, -0.15) is 11.3 Å². The average molecular weight is 275 g/mol. The van der Waals surface area contributed by atoms with Crippen molar-refractivity contribution in [1.29, 1.82) is 0 Å². The third-order valence-corrected chi connectivity index (χ3v) is 3.94. The lowest BCUT2D eigenvalue weighted by molar-refractivity contribution is 0.406. The van der Waals surface area contributed by atoms with Crippen molar-refractivity contribution in [2.75, 3.05) is 13.7 Å². The highest BCUT2D eigenvalue weighted by atomic mass is 32.1. The zero-order valence-electron chi connectivity index (χ0n) is 11.6. The van der Waals surface area contributed by atoms with Crippen molar-refractivity contribution in [3.8, 4) is 5.75 Å². The summed E-state index contributed by atoms with van der Waals surface area (Å²) in [5, 5.41) is 7.92. The van der Waals surface area contributed by atoms with Crippen molar-refractivity contribution in [2.45, 2.75) is 25.8 Å². The normalized spacial score (nSPS) is 12.3. The Bertz CT molecular complexity index is 481. The van der Waals surface area contributed by atoms with Crippen LogP contribution in [0, 0.1) is 0 Å². The van der Waals surface area contributed by atoms with Crippen LogP contribution >= 0.6 is 11.3 Å². The van der Waals surface area contributed by atoms with Crippen LogP contribution in [-0.4, -0.2) is 19.7 Å². The smallest absolute Gasteiger partial charge is 0.122 e. The molecule has 1 aromatic heterocycles. The first-order chi connectivity index (χ1) is 9.29. The molecule has 0 fully saturated rings. The van der Waals surface area contributed by atoms with Crippen molar-refractivity contribution < 1.29 is 4.74 Å². The summed E-state index contributed by atoms with van der Waals surface area (Å²) < 4.78 is 5.38. The van der Waals surface area contributed by atoms with Crippen molar-refractivity contribution in [2.24, 2.45) is 0 Å². The van der Waals surface area contributed by atoms with E-state index in [1.54, 1.807) is 18.4 Å². The van der Waals surface area contributed by atoms with Crippen molar-refractivity contribution in [1.82, 2.24) is 5.32 Å². The maximum atomic E-state index is 5.38.